The van der Waals surface area contributed by atoms with Crippen molar-refractivity contribution < 1.29 is 9.53 Å². The Morgan fingerprint density at radius 1 is 1.28 bits per heavy atom. The van der Waals surface area contributed by atoms with Crippen LogP contribution in [0.1, 0.15) is 59.3 Å². The molecule has 0 aliphatic heterocycles. The maximum atomic E-state index is 12.5. The maximum Gasteiger partial charge on any atom is 0.337 e. The van der Waals surface area contributed by atoms with Gasteiger partial charge in [-0.05, 0) is 44.9 Å². The van der Waals surface area contributed by atoms with Crippen molar-refractivity contribution in [2.45, 2.75) is 56.5 Å². The van der Waals surface area contributed by atoms with Crippen molar-refractivity contribution >= 4 is 28.6 Å². The van der Waals surface area contributed by atoms with Crippen LogP contribution >= 0.6 is 11.8 Å². The Kier molecular flexibility index (Phi) is 5.45. The van der Waals surface area contributed by atoms with Gasteiger partial charge in [0.1, 0.15) is 5.82 Å². The summed E-state index contributed by atoms with van der Waals surface area (Å²) in [7, 11) is 1.33. The highest BCUT2D eigenvalue weighted by molar-refractivity contribution is 7.98. The van der Waals surface area contributed by atoms with Gasteiger partial charge in [-0.15, -0.1) is 0 Å². The van der Waals surface area contributed by atoms with Gasteiger partial charge in [-0.2, -0.15) is 0 Å². The van der Waals surface area contributed by atoms with Crippen molar-refractivity contribution in [1.82, 2.24) is 19.5 Å². The first kappa shape index (κ1) is 19.7. The first-order valence-corrected chi connectivity index (χ1v) is 10.8. The van der Waals surface area contributed by atoms with Gasteiger partial charge in [-0.3, -0.25) is 4.79 Å². The van der Waals surface area contributed by atoms with Crippen LogP contribution in [-0.2, 0) is 10.5 Å². The number of nitrogens with zero attached hydrogens (tertiary/aromatic N) is 3. The van der Waals surface area contributed by atoms with E-state index in [9.17, 15) is 9.59 Å². The highest BCUT2D eigenvalue weighted by atomic mass is 32.2. The molecular formula is C21H24N4O3S. The maximum absolute atomic E-state index is 12.5. The molecule has 8 heteroatoms. The third kappa shape index (κ3) is 3.81. The molecule has 0 saturated heterocycles. The lowest BCUT2D eigenvalue weighted by molar-refractivity contribution is 0.0601. The number of carbonyl (C=O) groups excluding carboxylic acids is 1. The zero-order chi connectivity index (χ0) is 20.5. The summed E-state index contributed by atoms with van der Waals surface area (Å²) in [4.78, 5) is 36.4. The van der Waals surface area contributed by atoms with Gasteiger partial charge in [0.25, 0.3) is 5.56 Å². The van der Waals surface area contributed by atoms with Crippen molar-refractivity contribution in [3.8, 4) is 0 Å². The first-order chi connectivity index (χ1) is 14.0. The molecule has 0 amide bonds. The minimum Gasteiger partial charge on any atom is -0.465 e. The monoisotopic (exact) mass is 412 g/mol. The molecule has 4 rings (SSSR count). The number of H-pyrrole nitrogens is 1. The average Bonchev–Trinajstić information content (AvgIpc) is 3.33. The van der Waals surface area contributed by atoms with E-state index in [1.54, 1.807) is 30.0 Å². The molecule has 1 aromatic carbocycles. The third-order valence-corrected chi connectivity index (χ3v) is 6.52. The normalized spacial score (nSPS) is 14.6. The zero-order valence-corrected chi connectivity index (χ0v) is 17.6. The van der Waals surface area contributed by atoms with Crippen LogP contribution < -0.4 is 5.56 Å². The van der Waals surface area contributed by atoms with Gasteiger partial charge < -0.3 is 14.3 Å². The van der Waals surface area contributed by atoms with E-state index in [1.165, 1.54) is 38.5 Å². The molecule has 1 aliphatic rings. The van der Waals surface area contributed by atoms with E-state index in [0.717, 1.165) is 10.9 Å². The number of aromatic amines is 1. The van der Waals surface area contributed by atoms with E-state index in [0.29, 0.717) is 34.1 Å². The van der Waals surface area contributed by atoms with Gasteiger partial charge in [-0.25, -0.2) is 14.8 Å². The standard InChI is InChI=1S/C21H24N4O3S/c1-12-13(2)25(15-6-4-5-7-15)21(22-12)29-11-18-23-17-10-14(20(27)28-3)8-9-16(17)19(26)24-18/h8-10,15H,4-7,11H2,1-3H3,(H,23,24,26). The Labute approximate surface area is 172 Å². The van der Waals surface area contributed by atoms with Gasteiger partial charge in [0.2, 0.25) is 0 Å². The minimum absolute atomic E-state index is 0.214. The molecule has 0 spiro atoms. The fourth-order valence-electron chi connectivity index (χ4n) is 3.92. The number of rotatable bonds is 5. The molecule has 0 bridgehead atoms. The number of carbonyl (C=O) groups is 1. The number of esters is 1. The summed E-state index contributed by atoms with van der Waals surface area (Å²) in [6, 6.07) is 5.27. The van der Waals surface area contributed by atoms with Crippen LogP contribution in [0.3, 0.4) is 0 Å². The van der Waals surface area contributed by atoms with Crippen LogP contribution in [0, 0.1) is 13.8 Å². The van der Waals surface area contributed by atoms with Crippen LogP contribution in [0.2, 0.25) is 0 Å². The lowest BCUT2D eigenvalue weighted by Crippen LogP contribution is -2.13. The van der Waals surface area contributed by atoms with E-state index in [4.69, 9.17) is 9.72 Å². The number of nitrogens with one attached hydrogen (secondary N) is 1. The summed E-state index contributed by atoms with van der Waals surface area (Å²) in [5.41, 5.74) is 2.90. The van der Waals surface area contributed by atoms with Crippen molar-refractivity contribution in [2.75, 3.05) is 7.11 Å². The molecule has 1 N–H and O–H groups in total. The number of aromatic nitrogens is 4. The average molecular weight is 413 g/mol. The summed E-state index contributed by atoms with van der Waals surface area (Å²) in [6.45, 7) is 4.16. The van der Waals surface area contributed by atoms with Gasteiger partial charge >= 0.3 is 5.97 Å². The SMILES string of the molecule is COC(=O)c1ccc2c(=O)[nH]c(CSc3nc(C)c(C)n3C3CCCC3)nc2c1. The lowest BCUT2D eigenvalue weighted by Gasteiger charge is -2.16. The predicted octanol–water partition coefficient (Wildman–Crippen LogP) is 3.93. The number of thioether (sulfide) groups is 1. The number of benzene rings is 1. The first-order valence-electron chi connectivity index (χ1n) is 9.77. The molecule has 29 heavy (non-hydrogen) atoms. The van der Waals surface area contributed by atoms with Crippen LogP contribution in [0.15, 0.2) is 28.2 Å². The number of hydrogen-bond acceptors (Lipinski definition) is 6. The van der Waals surface area contributed by atoms with E-state index in [2.05, 4.69) is 21.5 Å². The molecule has 1 fully saturated rings. The van der Waals surface area contributed by atoms with Gasteiger partial charge in [0.05, 0.1) is 35.0 Å². The topological polar surface area (TPSA) is 89.9 Å². The predicted molar refractivity (Wildman–Crippen MR) is 112 cm³/mol. The Bertz CT molecular complexity index is 1130. The Hall–Kier alpha value is -2.61. The number of hydrogen-bond donors (Lipinski definition) is 1. The summed E-state index contributed by atoms with van der Waals surface area (Å²) >= 11 is 1.58. The van der Waals surface area contributed by atoms with Crippen LogP contribution in [-0.4, -0.2) is 32.6 Å². The van der Waals surface area contributed by atoms with Gasteiger partial charge in [0, 0.05) is 11.7 Å². The summed E-state index contributed by atoms with van der Waals surface area (Å²) < 4.78 is 7.11. The molecule has 0 atom stereocenters. The number of ether oxygens (including phenoxy) is 1. The van der Waals surface area contributed by atoms with Crippen LogP contribution in [0.5, 0.6) is 0 Å². The number of aryl methyl sites for hydroxylation is 1. The highest BCUT2D eigenvalue weighted by Crippen LogP contribution is 2.35. The molecule has 7 nitrogen and oxygen atoms in total. The minimum atomic E-state index is -0.450. The Morgan fingerprint density at radius 3 is 2.76 bits per heavy atom. The van der Waals surface area contributed by atoms with Crippen molar-refractivity contribution in [2.24, 2.45) is 0 Å². The smallest absolute Gasteiger partial charge is 0.337 e. The van der Waals surface area contributed by atoms with Crippen LogP contribution in [0.25, 0.3) is 10.9 Å². The van der Waals surface area contributed by atoms with Crippen molar-refractivity contribution in [3.05, 3.63) is 51.3 Å². The number of imidazole rings is 1. The Balaban J connectivity index is 1.62. The second-order valence-corrected chi connectivity index (χ2v) is 8.34. The molecule has 1 aliphatic carbocycles. The second kappa shape index (κ2) is 8.02. The molecule has 0 unspecified atom stereocenters. The molecule has 1 saturated carbocycles. The fraction of sp³-hybridized carbons (Fsp3) is 0.429. The second-order valence-electron chi connectivity index (χ2n) is 7.40. The van der Waals surface area contributed by atoms with E-state index in [-0.39, 0.29) is 5.56 Å². The van der Waals surface area contributed by atoms with E-state index >= 15 is 0 Å². The number of methoxy groups -OCH3 is 1. The molecular weight excluding hydrogens is 388 g/mol. The third-order valence-electron chi connectivity index (χ3n) is 5.56. The number of fused-ring (bicyclic) bond motifs is 1. The van der Waals surface area contributed by atoms with Gasteiger partial charge in [-0.1, -0.05) is 24.6 Å². The van der Waals surface area contributed by atoms with Gasteiger partial charge in [0.15, 0.2) is 5.16 Å². The van der Waals surface area contributed by atoms with Crippen LogP contribution in [0.4, 0.5) is 0 Å². The summed E-state index contributed by atoms with van der Waals surface area (Å²) in [5.74, 6) is 0.608. The highest BCUT2D eigenvalue weighted by Gasteiger charge is 2.23. The summed E-state index contributed by atoms with van der Waals surface area (Å²) in [5, 5.41) is 1.42. The molecule has 0 radical (unpaired) electrons. The van der Waals surface area contributed by atoms with E-state index in [1.807, 2.05) is 6.92 Å². The lowest BCUT2D eigenvalue weighted by atomic mass is 10.1. The summed E-state index contributed by atoms with van der Waals surface area (Å²) in [6.07, 6.45) is 4.89. The molecule has 2 heterocycles. The quantitative estimate of drug-likeness (QED) is 0.504. The molecule has 2 aromatic heterocycles. The zero-order valence-electron chi connectivity index (χ0n) is 16.8. The fourth-order valence-corrected chi connectivity index (χ4v) is 4.95. The molecule has 152 valence electrons. The van der Waals surface area contributed by atoms with Crippen molar-refractivity contribution in [3.63, 3.8) is 0 Å². The molecule has 3 aromatic rings. The van der Waals surface area contributed by atoms with E-state index < -0.39 is 5.97 Å². The Morgan fingerprint density at radius 2 is 2.03 bits per heavy atom. The van der Waals surface area contributed by atoms with Crippen molar-refractivity contribution in [1.29, 1.82) is 0 Å². The largest absolute Gasteiger partial charge is 0.465 e.